The molecule has 0 radical (unpaired) electrons. The lowest BCUT2D eigenvalue weighted by atomic mass is 10.0. The Kier molecular flexibility index (Phi) is 17.4. The molecule has 1 heterocycles. The molecule has 280 valence electrons. The fourth-order valence-electron chi connectivity index (χ4n) is 5.02. The number of ketones is 1. The van der Waals surface area contributed by atoms with Crippen molar-refractivity contribution in [3.63, 3.8) is 0 Å². The van der Waals surface area contributed by atoms with Gasteiger partial charge in [0.15, 0.2) is 5.78 Å². The van der Waals surface area contributed by atoms with Gasteiger partial charge in [0.05, 0.1) is 13.2 Å². The number of hydrogen-bond acceptors (Lipinski definition) is 11. The molecular weight excluding hydrogens is 678 g/mol. The van der Waals surface area contributed by atoms with Gasteiger partial charge < -0.3 is 30.7 Å². The summed E-state index contributed by atoms with van der Waals surface area (Å²) in [4.78, 5) is 103. The van der Waals surface area contributed by atoms with Crippen LogP contribution in [0.4, 0.5) is 4.79 Å². The number of carbonyl (C=O) groups is 8. The third-order valence-corrected chi connectivity index (χ3v) is 7.61. The number of carbonyl (C=O) groups excluding carboxylic acids is 8. The molecule has 0 saturated carbocycles. The minimum atomic E-state index is -1.20. The Morgan fingerprint density at radius 2 is 1.25 bits per heavy atom. The highest BCUT2D eigenvalue weighted by atomic mass is 16.8. The molecule has 0 aromatic heterocycles. The van der Waals surface area contributed by atoms with E-state index in [2.05, 4.69) is 26.1 Å². The molecule has 0 bridgehead atoms. The van der Waals surface area contributed by atoms with Crippen LogP contribution in [0.5, 0.6) is 0 Å². The molecule has 1 aliphatic rings. The lowest BCUT2D eigenvalue weighted by Crippen LogP contribution is -2.51. The maximum atomic E-state index is 13.1. The normalized spacial score (nSPS) is 13.4. The molecule has 16 heteroatoms. The summed E-state index contributed by atoms with van der Waals surface area (Å²) in [6.07, 6.45) is -0.441. The molecule has 4 N–H and O–H groups in total. The molecule has 1 aliphatic heterocycles. The van der Waals surface area contributed by atoms with Crippen LogP contribution in [-0.2, 0) is 60.7 Å². The van der Waals surface area contributed by atoms with Crippen molar-refractivity contribution in [2.45, 2.75) is 70.4 Å². The van der Waals surface area contributed by atoms with Gasteiger partial charge in [0, 0.05) is 45.3 Å². The average molecular weight is 724 g/mol. The van der Waals surface area contributed by atoms with Crippen molar-refractivity contribution < 1.29 is 52.7 Å². The van der Waals surface area contributed by atoms with Crippen molar-refractivity contribution in [1.82, 2.24) is 26.3 Å². The summed E-state index contributed by atoms with van der Waals surface area (Å²) < 4.78 is 10.1. The van der Waals surface area contributed by atoms with Crippen LogP contribution in [0.25, 0.3) is 0 Å². The van der Waals surface area contributed by atoms with Crippen molar-refractivity contribution in [1.29, 1.82) is 0 Å². The first kappa shape index (κ1) is 40.8. The summed E-state index contributed by atoms with van der Waals surface area (Å²) >= 11 is 0. The number of amides is 6. The number of ether oxygens (including phenoxy) is 2. The van der Waals surface area contributed by atoms with Crippen LogP contribution in [0.3, 0.4) is 0 Å². The Balaban J connectivity index is 1.39. The van der Waals surface area contributed by atoms with Crippen molar-refractivity contribution in [2.24, 2.45) is 0 Å². The quantitative estimate of drug-likeness (QED) is 0.0583. The van der Waals surface area contributed by atoms with Crippen LogP contribution in [0, 0.1) is 0 Å². The van der Waals surface area contributed by atoms with Gasteiger partial charge in [-0.25, -0.2) is 4.79 Å². The molecule has 2 aromatic rings. The number of hydroxylamine groups is 2. The fraction of sp³-hybridized carbons (Fsp3) is 0.444. The predicted octanol–water partition coefficient (Wildman–Crippen LogP) is 1.06. The number of likely N-dealkylation sites (N-methyl/N-ethyl adjacent to an activating group) is 1. The van der Waals surface area contributed by atoms with Crippen LogP contribution < -0.4 is 21.3 Å². The highest BCUT2D eigenvalue weighted by Crippen LogP contribution is 2.12. The maximum absolute atomic E-state index is 13.1. The largest absolute Gasteiger partial charge is 0.534 e. The molecule has 6 amide bonds. The smallest absolute Gasteiger partial charge is 0.430 e. The lowest BCUT2D eigenvalue weighted by molar-refractivity contribution is -0.177. The van der Waals surface area contributed by atoms with Gasteiger partial charge in [-0.15, -0.1) is 0 Å². The van der Waals surface area contributed by atoms with Crippen molar-refractivity contribution in [2.75, 3.05) is 32.9 Å². The predicted molar refractivity (Wildman–Crippen MR) is 184 cm³/mol. The van der Waals surface area contributed by atoms with Crippen molar-refractivity contribution in [3.05, 3.63) is 71.8 Å². The number of rotatable bonds is 22. The number of nitrogens with zero attached hydrogens (tertiary/aromatic N) is 1. The monoisotopic (exact) mass is 723 g/mol. The Bertz CT molecular complexity index is 1520. The summed E-state index contributed by atoms with van der Waals surface area (Å²) in [5.41, 5.74) is 1.57. The zero-order chi connectivity index (χ0) is 37.7. The summed E-state index contributed by atoms with van der Waals surface area (Å²) in [6, 6.07) is 16.1. The van der Waals surface area contributed by atoms with Gasteiger partial charge in [0.25, 0.3) is 11.8 Å². The number of hydrogen-bond donors (Lipinski definition) is 4. The molecule has 52 heavy (non-hydrogen) atoms. The molecule has 2 aromatic carbocycles. The molecule has 0 spiro atoms. The van der Waals surface area contributed by atoms with Gasteiger partial charge in [0.2, 0.25) is 23.6 Å². The van der Waals surface area contributed by atoms with Crippen LogP contribution in [-0.4, -0.2) is 97.4 Å². The number of Topliss-reactive ketones (excluding diaryl/α,β-unsaturated/α-hetero) is 1. The second-order valence-corrected chi connectivity index (χ2v) is 11.8. The Hall–Kier alpha value is -5.64. The zero-order valence-corrected chi connectivity index (χ0v) is 29.1. The Morgan fingerprint density at radius 1 is 0.712 bits per heavy atom. The standard InChI is InChI=1S/C36H45N5O11/c1-2-37-34(47)28(21-25-11-5-3-6-12-25)39-30(43)23-31(44)40-29(22-26-13-7-4-8-14-26)35(48)38-24-27(42)15-9-10-18-50-19-20-51-36(49)52-41-32(45)16-17-33(41)46/h3-8,11-14,28-29H,2,9-10,15-24H2,1H3,(H,37,47)(H,38,48)(H,39,43)(H,40,44). The van der Waals surface area contributed by atoms with E-state index in [1.165, 1.54) is 0 Å². The van der Waals surface area contributed by atoms with E-state index in [9.17, 15) is 38.4 Å². The fourth-order valence-corrected chi connectivity index (χ4v) is 5.02. The average Bonchev–Trinajstić information content (AvgIpc) is 3.44. The Morgan fingerprint density at radius 3 is 1.79 bits per heavy atom. The highest BCUT2D eigenvalue weighted by Gasteiger charge is 2.33. The molecule has 1 fully saturated rings. The zero-order valence-electron chi connectivity index (χ0n) is 29.1. The number of nitrogens with one attached hydrogen (secondary N) is 4. The van der Waals surface area contributed by atoms with E-state index in [4.69, 9.17) is 9.47 Å². The molecule has 3 rings (SSSR count). The Labute approximate surface area is 301 Å². The van der Waals surface area contributed by atoms with Crippen LogP contribution in [0.2, 0.25) is 0 Å². The SMILES string of the molecule is CCNC(=O)C(Cc1ccccc1)NC(=O)CC(=O)NC(Cc1ccccc1)C(=O)NCC(=O)CCCCOCCOC(=O)ON1C(=O)CCC1=O. The van der Waals surface area contributed by atoms with Gasteiger partial charge in [-0.05, 0) is 30.9 Å². The minimum absolute atomic E-state index is 0.0274. The highest BCUT2D eigenvalue weighted by molar-refractivity contribution is 6.02. The molecular formula is C36H45N5O11. The minimum Gasteiger partial charge on any atom is -0.430 e. The first-order valence-electron chi connectivity index (χ1n) is 17.1. The summed E-state index contributed by atoms with van der Waals surface area (Å²) in [5, 5.41) is 10.8. The van der Waals surface area contributed by atoms with E-state index in [1.54, 1.807) is 37.3 Å². The summed E-state index contributed by atoms with van der Waals surface area (Å²) in [5.74, 6) is -3.89. The maximum Gasteiger partial charge on any atom is 0.534 e. The molecule has 2 unspecified atom stereocenters. The molecule has 0 aliphatic carbocycles. The second-order valence-electron chi connectivity index (χ2n) is 11.8. The summed E-state index contributed by atoms with van der Waals surface area (Å²) in [6.45, 7) is 1.97. The second kappa shape index (κ2) is 22.2. The first-order valence-corrected chi connectivity index (χ1v) is 17.1. The van der Waals surface area contributed by atoms with E-state index in [-0.39, 0.29) is 70.2 Å². The number of unbranched alkanes of at least 4 members (excludes halogenated alkanes) is 1. The number of imide groups is 1. The van der Waals surface area contributed by atoms with Gasteiger partial charge in [-0.2, -0.15) is 0 Å². The first-order chi connectivity index (χ1) is 25.0. The molecule has 16 nitrogen and oxygen atoms in total. The van der Waals surface area contributed by atoms with Gasteiger partial charge in [-0.3, -0.25) is 38.4 Å². The van der Waals surface area contributed by atoms with Gasteiger partial charge in [-0.1, -0.05) is 65.7 Å². The molecule has 2 atom stereocenters. The number of benzene rings is 2. The van der Waals surface area contributed by atoms with Gasteiger partial charge in [0.1, 0.15) is 25.1 Å². The van der Waals surface area contributed by atoms with Crippen molar-refractivity contribution >= 4 is 47.4 Å². The third-order valence-electron chi connectivity index (χ3n) is 7.61. The lowest BCUT2D eigenvalue weighted by Gasteiger charge is -2.20. The van der Waals surface area contributed by atoms with E-state index in [0.717, 1.165) is 11.1 Å². The van der Waals surface area contributed by atoms with E-state index in [0.29, 0.717) is 24.4 Å². The van der Waals surface area contributed by atoms with Crippen LogP contribution in [0.1, 0.15) is 56.6 Å². The van der Waals surface area contributed by atoms with E-state index >= 15 is 0 Å². The molecule has 1 saturated heterocycles. The van der Waals surface area contributed by atoms with Crippen LogP contribution >= 0.6 is 0 Å². The van der Waals surface area contributed by atoms with Crippen LogP contribution in [0.15, 0.2) is 60.7 Å². The third kappa shape index (κ3) is 15.1. The topological polar surface area (TPSA) is 216 Å². The van der Waals surface area contributed by atoms with E-state index in [1.807, 2.05) is 30.3 Å². The van der Waals surface area contributed by atoms with Crippen molar-refractivity contribution in [3.8, 4) is 0 Å². The van der Waals surface area contributed by atoms with Gasteiger partial charge >= 0.3 is 6.16 Å². The summed E-state index contributed by atoms with van der Waals surface area (Å²) in [7, 11) is 0. The van der Waals surface area contributed by atoms with E-state index < -0.39 is 54.2 Å².